The summed E-state index contributed by atoms with van der Waals surface area (Å²) in [5.41, 5.74) is 0.997. The molecule has 3 rings (SSSR count). The Labute approximate surface area is 117 Å². The van der Waals surface area contributed by atoms with Crippen molar-refractivity contribution < 1.29 is 17.9 Å². The molecule has 0 unspecified atom stereocenters. The summed E-state index contributed by atoms with van der Waals surface area (Å²) >= 11 is 0. The molecule has 0 atom stereocenters. The number of rotatable bonds is 2. The molecule has 0 spiro atoms. The molecule has 3 aromatic rings. The second-order valence-electron chi connectivity index (χ2n) is 4.39. The number of pyridine rings is 1. The van der Waals surface area contributed by atoms with Crippen molar-refractivity contribution >= 4 is 11.2 Å². The molecule has 0 aliphatic rings. The van der Waals surface area contributed by atoms with Crippen molar-refractivity contribution in [1.82, 2.24) is 15.0 Å². The van der Waals surface area contributed by atoms with Gasteiger partial charge < -0.3 is 9.72 Å². The fraction of sp³-hybridized carbons (Fsp3) is 0.143. The third kappa shape index (κ3) is 2.54. The van der Waals surface area contributed by atoms with Crippen molar-refractivity contribution in [3.8, 4) is 17.3 Å². The highest BCUT2D eigenvalue weighted by molar-refractivity contribution is 5.76. The molecule has 0 radical (unpaired) electrons. The molecule has 0 saturated carbocycles. The van der Waals surface area contributed by atoms with E-state index in [9.17, 15) is 13.2 Å². The Morgan fingerprint density at radius 2 is 1.71 bits per heavy atom. The van der Waals surface area contributed by atoms with E-state index in [0.717, 1.165) is 12.1 Å². The summed E-state index contributed by atoms with van der Waals surface area (Å²) in [6, 6.07) is 8.22. The van der Waals surface area contributed by atoms with Crippen LogP contribution in [0.25, 0.3) is 22.6 Å². The van der Waals surface area contributed by atoms with E-state index in [-0.39, 0.29) is 0 Å². The Bertz CT molecular complexity index is 778. The van der Waals surface area contributed by atoms with Crippen molar-refractivity contribution in [3.63, 3.8) is 0 Å². The topological polar surface area (TPSA) is 50.8 Å². The van der Waals surface area contributed by atoms with E-state index in [0.29, 0.717) is 28.4 Å². The molecule has 2 heterocycles. The molecule has 2 aromatic heterocycles. The average Bonchev–Trinajstić information content (AvgIpc) is 2.89. The van der Waals surface area contributed by atoms with Crippen LogP contribution in [0.3, 0.4) is 0 Å². The Morgan fingerprint density at radius 1 is 1.00 bits per heavy atom. The number of alkyl halides is 3. The van der Waals surface area contributed by atoms with Crippen LogP contribution in [-0.4, -0.2) is 22.1 Å². The highest BCUT2D eigenvalue weighted by Gasteiger charge is 2.30. The molecular formula is C14H10F3N3O. The van der Waals surface area contributed by atoms with Gasteiger partial charge in [0.15, 0.2) is 5.65 Å². The normalized spacial score (nSPS) is 11.8. The smallest absolute Gasteiger partial charge is 0.416 e. The number of benzene rings is 1. The van der Waals surface area contributed by atoms with Gasteiger partial charge in [-0.3, -0.25) is 0 Å². The second-order valence-corrected chi connectivity index (χ2v) is 4.39. The largest absolute Gasteiger partial charge is 0.481 e. The fourth-order valence-corrected chi connectivity index (χ4v) is 1.94. The van der Waals surface area contributed by atoms with Gasteiger partial charge in [-0.15, -0.1) is 0 Å². The van der Waals surface area contributed by atoms with Crippen molar-refractivity contribution in [3.05, 3.63) is 42.0 Å². The molecule has 0 saturated heterocycles. The molecular weight excluding hydrogens is 283 g/mol. The van der Waals surface area contributed by atoms with Gasteiger partial charge in [0, 0.05) is 11.6 Å². The quantitative estimate of drug-likeness (QED) is 0.784. The number of hydrogen-bond donors (Lipinski definition) is 1. The van der Waals surface area contributed by atoms with Gasteiger partial charge in [-0.2, -0.15) is 18.2 Å². The lowest BCUT2D eigenvalue weighted by atomic mass is 10.1. The highest BCUT2D eigenvalue weighted by Crippen LogP contribution is 2.30. The van der Waals surface area contributed by atoms with E-state index in [1.165, 1.54) is 19.2 Å². The molecule has 1 N–H and O–H groups in total. The molecule has 0 fully saturated rings. The summed E-state index contributed by atoms with van der Waals surface area (Å²) in [6.07, 6.45) is -4.35. The number of halogens is 3. The first-order valence-corrected chi connectivity index (χ1v) is 6.06. The van der Waals surface area contributed by atoms with Crippen molar-refractivity contribution in [2.24, 2.45) is 0 Å². The lowest BCUT2D eigenvalue weighted by Crippen LogP contribution is -2.04. The lowest BCUT2D eigenvalue weighted by molar-refractivity contribution is -0.137. The standard InChI is InChI=1S/C14H10F3N3O/c1-21-11-7-6-10-13(19-11)20-12(18-10)8-2-4-9(5-3-8)14(15,16)17/h2-7H,1H3,(H,18,19,20). The molecule has 0 bridgehead atoms. The highest BCUT2D eigenvalue weighted by atomic mass is 19.4. The minimum atomic E-state index is -4.35. The van der Waals surface area contributed by atoms with E-state index < -0.39 is 11.7 Å². The van der Waals surface area contributed by atoms with E-state index in [4.69, 9.17) is 4.74 Å². The summed E-state index contributed by atoms with van der Waals surface area (Å²) < 4.78 is 42.6. The second kappa shape index (κ2) is 4.76. The number of aromatic amines is 1. The first-order chi connectivity index (χ1) is 9.97. The number of aromatic nitrogens is 3. The maximum absolute atomic E-state index is 12.5. The minimum absolute atomic E-state index is 0.424. The third-order valence-electron chi connectivity index (χ3n) is 3.02. The molecule has 0 aliphatic carbocycles. The predicted molar refractivity (Wildman–Crippen MR) is 70.9 cm³/mol. The zero-order valence-corrected chi connectivity index (χ0v) is 10.9. The summed E-state index contributed by atoms with van der Waals surface area (Å²) in [5, 5.41) is 0. The first kappa shape index (κ1) is 13.4. The van der Waals surface area contributed by atoms with Crippen molar-refractivity contribution in [2.45, 2.75) is 6.18 Å². The molecule has 21 heavy (non-hydrogen) atoms. The van der Waals surface area contributed by atoms with E-state index in [1.807, 2.05) is 0 Å². The van der Waals surface area contributed by atoms with E-state index in [2.05, 4.69) is 15.0 Å². The van der Waals surface area contributed by atoms with Crippen LogP contribution >= 0.6 is 0 Å². The number of H-pyrrole nitrogens is 1. The van der Waals surface area contributed by atoms with Gasteiger partial charge in [-0.25, -0.2) is 4.98 Å². The third-order valence-corrected chi connectivity index (χ3v) is 3.02. The zero-order valence-electron chi connectivity index (χ0n) is 10.9. The average molecular weight is 293 g/mol. The van der Waals surface area contributed by atoms with Gasteiger partial charge in [0.1, 0.15) is 5.82 Å². The maximum atomic E-state index is 12.5. The molecule has 0 amide bonds. The summed E-state index contributed by atoms with van der Waals surface area (Å²) in [5.74, 6) is 0.882. The van der Waals surface area contributed by atoms with Gasteiger partial charge in [0.2, 0.25) is 5.88 Å². The fourth-order valence-electron chi connectivity index (χ4n) is 1.94. The van der Waals surface area contributed by atoms with Crippen LogP contribution in [0, 0.1) is 0 Å². The summed E-state index contributed by atoms with van der Waals surface area (Å²) in [4.78, 5) is 11.4. The predicted octanol–water partition coefficient (Wildman–Crippen LogP) is 3.65. The van der Waals surface area contributed by atoms with Crippen LogP contribution < -0.4 is 4.74 Å². The lowest BCUT2D eigenvalue weighted by Gasteiger charge is -2.06. The zero-order chi connectivity index (χ0) is 15.0. The molecule has 1 aromatic carbocycles. The van der Waals surface area contributed by atoms with Crippen LogP contribution in [0.2, 0.25) is 0 Å². The minimum Gasteiger partial charge on any atom is -0.481 e. The Hall–Kier alpha value is -2.57. The first-order valence-electron chi connectivity index (χ1n) is 6.06. The number of methoxy groups -OCH3 is 1. The summed E-state index contributed by atoms with van der Waals surface area (Å²) in [7, 11) is 1.50. The van der Waals surface area contributed by atoms with Gasteiger partial charge in [0.05, 0.1) is 18.2 Å². The maximum Gasteiger partial charge on any atom is 0.416 e. The van der Waals surface area contributed by atoms with Gasteiger partial charge >= 0.3 is 6.18 Å². The number of fused-ring (bicyclic) bond motifs is 1. The SMILES string of the molecule is COc1ccc2[nH]c(-c3ccc(C(F)(F)F)cc3)nc2n1. The van der Waals surface area contributed by atoms with Gasteiger partial charge in [0.25, 0.3) is 0 Å². The Kier molecular flexibility index (Phi) is 3.04. The van der Waals surface area contributed by atoms with Crippen LogP contribution in [0.4, 0.5) is 13.2 Å². The van der Waals surface area contributed by atoms with Crippen LogP contribution in [0.1, 0.15) is 5.56 Å². The monoisotopic (exact) mass is 293 g/mol. The summed E-state index contributed by atoms with van der Waals surface area (Å²) in [6.45, 7) is 0. The Balaban J connectivity index is 2.00. The van der Waals surface area contributed by atoms with E-state index in [1.54, 1.807) is 12.1 Å². The molecule has 108 valence electrons. The van der Waals surface area contributed by atoms with Crippen LogP contribution in [-0.2, 0) is 6.18 Å². The van der Waals surface area contributed by atoms with Gasteiger partial charge in [-0.05, 0) is 18.2 Å². The number of imidazole rings is 1. The number of nitrogens with zero attached hydrogens (tertiary/aromatic N) is 2. The van der Waals surface area contributed by atoms with Crippen LogP contribution in [0.15, 0.2) is 36.4 Å². The number of ether oxygens (including phenoxy) is 1. The van der Waals surface area contributed by atoms with Crippen LogP contribution in [0.5, 0.6) is 5.88 Å². The molecule has 7 heteroatoms. The van der Waals surface area contributed by atoms with Crippen molar-refractivity contribution in [2.75, 3.05) is 7.11 Å². The van der Waals surface area contributed by atoms with E-state index >= 15 is 0 Å². The molecule has 0 aliphatic heterocycles. The number of hydrogen-bond acceptors (Lipinski definition) is 3. The van der Waals surface area contributed by atoms with Crippen molar-refractivity contribution in [1.29, 1.82) is 0 Å². The Morgan fingerprint density at radius 3 is 2.33 bits per heavy atom. The number of nitrogens with one attached hydrogen (secondary N) is 1. The van der Waals surface area contributed by atoms with Gasteiger partial charge in [-0.1, -0.05) is 12.1 Å². The molecule has 4 nitrogen and oxygen atoms in total.